The average Bonchev–Trinajstić information content (AvgIpc) is 2.62. The van der Waals surface area contributed by atoms with Crippen LogP contribution in [0.25, 0.3) is 0 Å². The minimum Gasteiger partial charge on any atom is -0.481 e. The molecule has 14 heteroatoms. The van der Waals surface area contributed by atoms with E-state index in [-0.39, 0.29) is 45.1 Å². The van der Waals surface area contributed by atoms with Crippen molar-refractivity contribution in [2.45, 2.75) is 44.6 Å². The van der Waals surface area contributed by atoms with E-state index in [2.05, 4.69) is 0 Å². The molecule has 2 atom stereocenters. The van der Waals surface area contributed by atoms with Crippen LogP contribution in [0, 0.1) is 0 Å². The number of phosphoric ester groups is 1. The van der Waals surface area contributed by atoms with E-state index in [1.807, 2.05) is 21.1 Å². The van der Waals surface area contributed by atoms with Crippen molar-refractivity contribution in [2.24, 2.45) is 0 Å². The highest BCUT2D eigenvalue weighted by molar-refractivity contribution is 7.47. The summed E-state index contributed by atoms with van der Waals surface area (Å²) >= 11 is 0. The summed E-state index contributed by atoms with van der Waals surface area (Å²) in [6.45, 7) is -0.778. The Morgan fingerprint density at radius 3 is 1.88 bits per heavy atom. The van der Waals surface area contributed by atoms with Gasteiger partial charge in [0.15, 0.2) is 6.10 Å². The maximum atomic E-state index is 12.0. The van der Waals surface area contributed by atoms with Crippen LogP contribution in [0.15, 0.2) is 0 Å². The van der Waals surface area contributed by atoms with Crippen LogP contribution in [0.3, 0.4) is 0 Å². The lowest BCUT2D eigenvalue weighted by Gasteiger charge is -2.24. The van der Waals surface area contributed by atoms with Crippen molar-refractivity contribution in [2.75, 3.05) is 47.5 Å². The van der Waals surface area contributed by atoms with E-state index in [1.54, 1.807) is 0 Å². The zero-order valence-electron chi connectivity index (χ0n) is 18.6. The molecule has 0 saturated heterocycles. The number of aliphatic carboxylic acids is 2. The van der Waals surface area contributed by atoms with Gasteiger partial charge in [-0.05, 0) is 12.8 Å². The first-order chi connectivity index (χ1) is 14.7. The van der Waals surface area contributed by atoms with Crippen LogP contribution in [-0.4, -0.2) is 97.1 Å². The molecule has 13 nitrogen and oxygen atoms in total. The van der Waals surface area contributed by atoms with Crippen LogP contribution in [0.2, 0.25) is 0 Å². The summed E-state index contributed by atoms with van der Waals surface area (Å²) in [5, 5.41) is 17.2. The van der Waals surface area contributed by atoms with Crippen molar-refractivity contribution in [3.8, 4) is 0 Å². The fourth-order valence-corrected chi connectivity index (χ4v) is 2.77. The number of quaternary nitrogens is 1. The molecule has 0 heterocycles. The van der Waals surface area contributed by atoms with E-state index in [1.165, 1.54) is 0 Å². The van der Waals surface area contributed by atoms with Gasteiger partial charge in [-0.25, -0.2) is 4.57 Å². The molecule has 0 aliphatic rings. The predicted octanol–water partition coefficient (Wildman–Crippen LogP) is 0.791. The maximum Gasteiger partial charge on any atom is 0.472 e. The van der Waals surface area contributed by atoms with Gasteiger partial charge in [0.2, 0.25) is 0 Å². The van der Waals surface area contributed by atoms with Crippen molar-refractivity contribution in [3.05, 3.63) is 0 Å². The SMILES string of the molecule is C[N+](C)(C)CCOP(=O)(O)OCC(COC(=O)CCCC(=O)O)OC(=O)CCCC(=O)O. The van der Waals surface area contributed by atoms with Crippen molar-refractivity contribution in [3.63, 3.8) is 0 Å². The highest BCUT2D eigenvalue weighted by Crippen LogP contribution is 2.43. The Balaban J connectivity index is 4.73. The monoisotopic (exact) mass is 486 g/mol. The van der Waals surface area contributed by atoms with Gasteiger partial charge in [-0.2, -0.15) is 0 Å². The van der Waals surface area contributed by atoms with Gasteiger partial charge in [-0.1, -0.05) is 0 Å². The molecule has 0 amide bonds. The van der Waals surface area contributed by atoms with Gasteiger partial charge in [0.05, 0.1) is 27.7 Å². The first-order valence-corrected chi connectivity index (χ1v) is 11.4. The minimum absolute atomic E-state index is 0.0172. The molecule has 0 rings (SSSR count). The van der Waals surface area contributed by atoms with E-state index >= 15 is 0 Å². The minimum atomic E-state index is -4.47. The summed E-state index contributed by atoms with van der Waals surface area (Å²) in [6.07, 6.45) is -2.07. The fourth-order valence-electron chi connectivity index (χ4n) is 2.03. The number of carboxylic acids is 2. The summed E-state index contributed by atoms with van der Waals surface area (Å²) in [7, 11) is 1.10. The molecule has 32 heavy (non-hydrogen) atoms. The second kappa shape index (κ2) is 14.9. The van der Waals surface area contributed by atoms with Crippen LogP contribution in [0.1, 0.15) is 38.5 Å². The molecule has 0 spiro atoms. The van der Waals surface area contributed by atoms with Gasteiger partial charge in [-0.15, -0.1) is 0 Å². The third-order valence-corrected chi connectivity index (χ3v) is 4.70. The van der Waals surface area contributed by atoms with Crippen LogP contribution < -0.4 is 0 Å². The Hall–Kier alpha value is -2.05. The Morgan fingerprint density at radius 1 is 0.844 bits per heavy atom. The number of nitrogens with zero attached hydrogens (tertiary/aromatic N) is 1. The zero-order chi connectivity index (χ0) is 24.8. The average molecular weight is 486 g/mol. The molecular weight excluding hydrogens is 453 g/mol. The molecule has 0 bridgehead atoms. The number of ether oxygens (including phenoxy) is 2. The molecule has 0 aliphatic carbocycles. The van der Waals surface area contributed by atoms with Crippen LogP contribution >= 0.6 is 7.82 Å². The molecule has 2 unspecified atom stereocenters. The van der Waals surface area contributed by atoms with Gasteiger partial charge in [-0.3, -0.25) is 28.2 Å². The van der Waals surface area contributed by atoms with Crippen molar-refractivity contribution >= 4 is 31.7 Å². The first kappa shape index (κ1) is 29.9. The summed E-state index contributed by atoms with van der Waals surface area (Å²) in [4.78, 5) is 54.4. The number of hydrogen-bond donors (Lipinski definition) is 3. The topological polar surface area (TPSA) is 183 Å². The zero-order valence-corrected chi connectivity index (χ0v) is 19.5. The summed E-state index contributed by atoms with van der Waals surface area (Å²) in [5.74, 6) is -3.70. The van der Waals surface area contributed by atoms with E-state index in [0.29, 0.717) is 11.0 Å². The fraction of sp³-hybridized carbons (Fsp3) is 0.778. The number of likely N-dealkylation sites (N-methyl/N-ethyl adjacent to an activating group) is 1. The van der Waals surface area contributed by atoms with Gasteiger partial charge in [0, 0.05) is 25.7 Å². The highest BCUT2D eigenvalue weighted by atomic mass is 31.2. The smallest absolute Gasteiger partial charge is 0.472 e. The standard InChI is InChI=1S/C18H32NO12P/c1-19(2,3)10-11-29-32(26,27)30-13-14(31-18(25)9-5-7-16(22)23)12-28-17(24)8-4-6-15(20)21/h14H,4-13H2,1-3H3,(H2-,20,21,22,23,26,27)/p+1. The Labute approximate surface area is 186 Å². The number of hydrogen-bond acceptors (Lipinski definition) is 9. The molecule has 0 saturated carbocycles. The van der Waals surface area contributed by atoms with Gasteiger partial charge in [0.1, 0.15) is 19.8 Å². The second-order valence-electron chi connectivity index (χ2n) is 7.90. The Kier molecular flexibility index (Phi) is 14.0. The molecular formula is C18H33NO12P+. The third-order valence-electron chi connectivity index (χ3n) is 3.71. The van der Waals surface area contributed by atoms with Gasteiger partial charge in [0.25, 0.3) is 0 Å². The van der Waals surface area contributed by atoms with E-state index in [0.717, 1.165) is 0 Å². The second-order valence-corrected chi connectivity index (χ2v) is 9.35. The third kappa shape index (κ3) is 18.7. The number of esters is 2. The quantitative estimate of drug-likeness (QED) is 0.141. The van der Waals surface area contributed by atoms with E-state index in [4.69, 9.17) is 28.7 Å². The van der Waals surface area contributed by atoms with Crippen molar-refractivity contribution < 1.29 is 61.9 Å². The lowest BCUT2D eigenvalue weighted by molar-refractivity contribution is -0.870. The van der Waals surface area contributed by atoms with E-state index < -0.39 is 51.0 Å². The molecule has 0 aromatic carbocycles. The van der Waals surface area contributed by atoms with E-state index in [9.17, 15) is 28.6 Å². The summed E-state index contributed by atoms with van der Waals surface area (Å²) < 4.78 is 32.2. The molecule has 0 aliphatic heterocycles. The van der Waals surface area contributed by atoms with Crippen molar-refractivity contribution in [1.29, 1.82) is 0 Å². The lowest BCUT2D eigenvalue weighted by Crippen LogP contribution is -2.37. The van der Waals surface area contributed by atoms with Crippen LogP contribution in [0.5, 0.6) is 0 Å². The normalized spacial score (nSPS) is 14.2. The van der Waals surface area contributed by atoms with Crippen LogP contribution in [-0.2, 0) is 42.3 Å². The highest BCUT2D eigenvalue weighted by Gasteiger charge is 2.27. The number of phosphoric acid groups is 1. The molecule has 0 fully saturated rings. The Morgan fingerprint density at radius 2 is 1.38 bits per heavy atom. The Bertz CT molecular complexity index is 675. The summed E-state index contributed by atoms with van der Waals surface area (Å²) in [5.41, 5.74) is 0. The number of carbonyl (C=O) groups is 4. The summed E-state index contributed by atoms with van der Waals surface area (Å²) in [6, 6.07) is 0. The predicted molar refractivity (Wildman–Crippen MR) is 108 cm³/mol. The molecule has 0 aromatic rings. The molecule has 186 valence electrons. The molecule has 0 aromatic heterocycles. The maximum absolute atomic E-state index is 12.0. The lowest BCUT2D eigenvalue weighted by atomic mass is 10.2. The van der Waals surface area contributed by atoms with Gasteiger partial charge >= 0.3 is 31.7 Å². The van der Waals surface area contributed by atoms with Gasteiger partial charge < -0.3 is 29.1 Å². The van der Waals surface area contributed by atoms with Crippen LogP contribution in [0.4, 0.5) is 0 Å². The number of carbonyl (C=O) groups excluding carboxylic acids is 2. The number of rotatable bonds is 18. The molecule has 3 N–H and O–H groups in total. The van der Waals surface area contributed by atoms with Crippen molar-refractivity contribution in [1.82, 2.24) is 0 Å². The number of carboxylic acid groups (broad SMARTS) is 2. The molecule has 0 radical (unpaired) electrons. The largest absolute Gasteiger partial charge is 0.481 e. The first-order valence-electron chi connectivity index (χ1n) is 9.91.